The first-order chi connectivity index (χ1) is 10.6. The Morgan fingerprint density at radius 1 is 0.955 bits per heavy atom. The molecule has 0 fully saturated rings. The van der Waals surface area contributed by atoms with Crippen LogP contribution in [0.1, 0.15) is 0 Å². The number of hydrogen-bond acceptors (Lipinski definition) is 4. The maximum atomic E-state index is 13.0. The van der Waals surface area contributed by atoms with Crippen LogP contribution in [0.4, 0.5) is 21.7 Å². The summed E-state index contributed by atoms with van der Waals surface area (Å²) in [6.45, 7) is 0. The summed E-state index contributed by atoms with van der Waals surface area (Å²) in [4.78, 5) is 8.60. The molecule has 3 aromatic rings. The van der Waals surface area contributed by atoms with E-state index in [1.54, 1.807) is 18.2 Å². The molecule has 22 heavy (non-hydrogen) atoms. The van der Waals surface area contributed by atoms with Crippen LogP contribution in [0.5, 0.6) is 0 Å². The molecule has 3 N–H and O–H groups in total. The molecule has 1 heterocycles. The zero-order valence-electron chi connectivity index (χ0n) is 11.4. The molecular weight excluding hydrogens is 347 g/mol. The van der Waals surface area contributed by atoms with Gasteiger partial charge in [0.2, 0.25) is 0 Å². The van der Waals surface area contributed by atoms with Crippen molar-refractivity contribution in [3.63, 3.8) is 0 Å². The number of aromatic nitrogens is 2. The Bertz CT molecular complexity index is 788. The molecule has 0 aliphatic rings. The van der Waals surface area contributed by atoms with Crippen LogP contribution in [0.25, 0.3) is 11.4 Å². The topological polar surface area (TPSA) is 63.8 Å². The van der Waals surface area contributed by atoms with Gasteiger partial charge in [-0.15, -0.1) is 0 Å². The van der Waals surface area contributed by atoms with E-state index < -0.39 is 0 Å². The van der Waals surface area contributed by atoms with E-state index in [2.05, 4.69) is 31.2 Å². The maximum absolute atomic E-state index is 13.0. The van der Waals surface area contributed by atoms with Gasteiger partial charge in [-0.05, 0) is 48.5 Å². The molecule has 0 saturated carbocycles. The fourth-order valence-electron chi connectivity index (χ4n) is 1.94. The average molecular weight is 359 g/mol. The van der Waals surface area contributed by atoms with Crippen molar-refractivity contribution in [2.75, 3.05) is 11.1 Å². The first kappa shape index (κ1) is 14.5. The molecule has 0 amide bonds. The van der Waals surface area contributed by atoms with Crippen LogP contribution in [-0.4, -0.2) is 9.97 Å². The molecule has 3 rings (SSSR count). The summed E-state index contributed by atoms with van der Waals surface area (Å²) < 4.78 is 14.0. The normalized spacial score (nSPS) is 10.5. The number of nitrogens with two attached hydrogens (primary N) is 1. The van der Waals surface area contributed by atoms with Gasteiger partial charge in [0, 0.05) is 21.8 Å². The van der Waals surface area contributed by atoms with Gasteiger partial charge in [-0.3, -0.25) is 0 Å². The van der Waals surface area contributed by atoms with E-state index in [9.17, 15) is 4.39 Å². The van der Waals surface area contributed by atoms with E-state index in [0.717, 1.165) is 10.2 Å². The lowest BCUT2D eigenvalue weighted by Gasteiger charge is -2.08. The van der Waals surface area contributed by atoms with Crippen molar-refractivity contribution in [2.24, 2.45) is 0 Å². The highest BCUT2D eigenvalue weighted by atomic mass is 79.9. The summed E-state index contributed by atoms with van der Waals surface area (Å²) in [6.07, 6.45) is 0. The SMILES string of the molecule is Nc1cc(Nc2ccc(Br)cc2)nc(-c2ccc(F)cc2)n1. The van der Waals surface area contributed by atoms with Crippen molar-refractivity contribution in [3.8, 4) is 11.4 Å². The predicted octanol–water partition coefficient (Wildman–Crippen LogP) is 4.37. The summed E-state index contributed by atoms with van der Waals surface area (Å²) in [5, 5.41) is 3.17. The number of benzene rings is 2. The Balaban J connectivity index is 1.92. The van der Waals surface area contributed by atoms with Gasteiger partial charge in [0.15, 0.2) is 5.82 Å². The van der Waals surface area contributed by atoms with Gasteiger partial charge < -0.3 is 11.1 Å². The smallest absolute Gasteiger partial charge is 0.163 e. The van der Waals surface area contributed by atoms with Crippen molar-refractivity contribution in [1.82, 2.24) is 9.97 Å². The second-order valence-corrected chi connectivity index (χ2v) is 5.56. The van der Waals surface area contributed by atoms with E-state index in [1.807, 2.05) is 24.3 Å². The molecule has 0 aliphatic carbocycles. The molecule has 0 spiro atoms. The van der Waals surface area contributed by atoms with Gasteiger partial charge in [0.25, 0.3) is 0 Å². The molecule has 0 radical (unpaired) electrons. The van der Waals surface area contributed by atoms with E-state index >= 15 is 0 Å². The minimum atomic E-state index is -0.305. The maximum Gasteiger partial charge on any atom is 0.163 e. The second-order valence-electron chi connectivity index (χ2n) is 4.64. The summed E-state index contributed by atoms with van der Waals surface area (Å²) in [5.41, 5.74) is 7.41. The fraction of sp³-hybridized carbons (Fsp3) is 0. The number of rotatable bonds is 3. The Labute approximate surface area is 135 Å². The van der Waals surface area contributed by atoms with Gasteiger partial charge in [-0.2, -0.15) is 0 Å². The summed E-state index contributed by atoms with van der Waals surface area (Å²) in [7, 11) is 0. The summed E-state index contributed by atoms with van der Waals surface area (Å²) >= 11 is 3.39. The molecule has 0 bridgehead atoms. The third-order valence-electron chi connectivity index (χ3n) is 2.97. The van der Waals surface area contributed by atoms with Gasteiger partial charge in [0.05, 0.1) is 0 Å². The molecule has 110 valence electrons. The van der Waals surface area contributed by atoms with Crippen molar-refractivity contribution in [1.29, 1.82) is 0 Å². The Hall–Kier alpha value is -2.47. The molecule has 0 aliphatic heterocycles. The lowest BCUT2D eigenvalue weighted by Crippen LogP contribution is -2.01. The van der Waals surface area contributed by atoms with E-state index in [4.69, 9.17) is 5.73 Å². The van der Waals surface area contributed by atoms with Gasteiger partial charge in [0.1, 0.15) is 17.5 Å². The molecule has 0 unspecified atom stereocenters. The average Bonchev–Trinajstić information content (AvgIpc) is 2.50. The predicted molar refractivity (Wildman–Crippen MR) is 89.3 cm³/mol. The van der Waals surface area contributed by atoms with Crippen LogP contribution < -0.4 is 11.1 Å². The number of hydrogen-bond donors (Lipinski definition) is 2. The second kappa shape index (κ2) is 6.11. The first-order valence-corrected chi connectivity index (χ1v) is 7.32. The largest absolute Gasteiger partial charge is 0.384 e. The number of anilines is 3. The van der Waals surface area contributed by atoms with Crippen molar-refractivity contribution in [3.05, 3.63) is 64.9 Å². The Morgan fingerprint density at radius 2 is 1.64 bits per heavy atom. The molecule has 4 nitrogen and oxygen atoms in total. The molecule has 1 aromatic heterocycles. The number of nitrogen functional groups attached to an aromatic ring is 1. The van der Waals surface area contributed by atoms with E-state index in [1.165, 1.54) is 12.1 Å². The minimum absolute atomic E-state index is 0.305. The lowest BCUT2D eigenvalue weighted by atomic mass is 10.2. The van der Waals surface area contributed by atoms with E-state index in [-0.39, 0.29) is 5.82 Å². The van der Waals surface area contributed by atoms with Crippen molar-refractivity contribution >= 4 is 33.3 Å². The van der Waals surface area contributed by atoms with Crippen LogP contribution in [0.15, 0.2) is 59.1 Å². The van der Waals surface area contributed by atoms with E-state index in [0.29, 0.717) is 23.0 Å². The van der Waals surface area contributed by atoms with Crippen LogP contribution in [-0.2, 0) is 0 Å². The summed E-state index contributed by atoms with van der Waals surface area (Å²) in [6, 6.07) is 15.3. The molecular formula is C16H12BrFN4. The van der Waals surface area contributed by atoms with Crippen LogP contribution in [0.2, 0.25) is 0 Å². The quantitative estimate of drug-likeness (QED) is 0.729. The van der Waals surface area contributed by atoms with Crippen molar-refractivity contribution in [2.45, 2.75) is 0 Å². The highest BCUT2D eigenvalue weighted by molar-refractivity contribution is 9.10. The minimum Gasteiger partial charge on any atom is -0.384 e. The molecule has 0 atom stereocenters. The standard InChI is InChI=1S/C16H12BrFN4/c17-11-3-7-13(8-4-11)20-15-9-14(19)21-16(22-15)10-1-5-12(18)6-2-10/h1-9H,(H3,19,20,21,22). The number of nitrogens with one attached hydrogen (secondary N) is 1. The first-order valence-electron chi connectivity index (χ1n) is 6.53. The van der Waals surface area contributed by atoms with Crippen LogP contribution in [0, 0.1) is 5.82 Å². The Kier molecular flexibility index (Phi) is 4.02. The third-order valence-corrected chi connectivity index (χ3v) is 3.49. The molecule has 6 heteroatoms. The highest BCUT2D eigenvalue weighted by Crippen LogP contribution is 2.22. The Morgan fingerprint density at radius 3 is 2.32 bits per heavy atom. The monoisotopic (exact) mass is 358 g/mol. The third kappa shape index (κ3) is 3.40. The molecule has 2 aromatic carbocycles. The fourth-order valence-corrected chi connectivity index (χ4v) is 2.20. The number of halogens is 2. The van der Waals surface area contributed by atoms with Gasteiger partial charge in [-0.25, -0.2) is 14.4 Å². The highest BCUT2D eigenvalue weighted by Gasteiger charge is 2.06. The zero-order valence-corrected chi connectivity index (χ0v) is 13.0. The number of nitrogens with zero attached hydrogens (tertiary/aromatic N) is 2. The molecule has 0 saturated heterocycles. The van der Waals surface area contributed by atoms with Gasteiger partial charge >= 0.3 is 0 Å². The van der Waals surface area contributed by atoms with Crippen LogP contribution >= 0.6 is 15.9 Å². The zero-order chi connectivity index (χ0) is 15.5. The summed E-state index contributed by atoms with van der Waals surface area (Å²) in [5.74, 6) is 1.06. The van der Waals surface area contributed by atoms with Gasteiger partial charge in [-0.1, -0.05) is 15.9 Å². The lowest BCUT2D eigenvalue weighted by molar-refractivity contribution is 0.628. The van der Waals surface area contributed by atoms with Crippen molar-refractivity contribution < 1.29 is 4.39 Å². The van der Waals surface area contributed by atoms with Crippen LogP contribution in [0.3, 0.4) is 0 Å².